The summed E-state index contributed by atoms with van der Waals surface area (Å²) in [7, 11) is 0. The molecule has 0 atom stereocenters. The minimum absolute atomic E-state index is 0.156. The Morgan fingerprint density at radius 2 is 1.88 bits per heavy atom. The first-order valence-electron chi connectivity index (χ1n) is 8.01. The summed E-state index contributed by atoms with van der Waals surface area (Å²) in [6.45, 7) is 5.91. The monoisotopic (exact) mass is 327 g/mol. The molecule has 0 saturated carbocycles. The van der Waals surface area contributed by atoms with Gasteiger partial charge in [0.2, 0.25) is 0 Å². The zero-order valence-electron chi connectivity index (χ0n) is 13.9. The summed E-state index contributed by atoms with van der Waals surface area (Å²) < 4.78 is 16.7. The molecule has 5 nitrogen and oxygen atoms in total. The molecule has 0 radical (unpaired) electrons. The maximum atomic E-state index is 12.2. The lowest BCUT2D eigenvalue weighted by Gasteiger charge is -2.18. The molecule has 0 unspecified atom stereocenters. The van der Waals surface area contributed by atoms with Crippen LogP contribution >= 0.6 is 0 Å². The summed E-state index contributed by atoms with van der Waals surface area (Å²) in [6, 6.07) is 11.3. The van der Waals surface area contributed by atoms with E-state index >= 15 is 0 Å². The van der Waals surface area contributed by atoms with Crippen molar-refractivity contribution in [1.82, 2.24) is 5.32 Å². The van der Waals surface area contributed by atoms with Gasteiger partial charge in [0.05, 0.1) is 6.54 Å². The average molecular weight is 327 g/mol. The van der Waals surface area contributed by atoms with E-state index in [1.54, 1.807) is 18.2 Å². The molecule has 5 heteroatoms. The smallest absolute Gasteiger partial charge is 0.251 e. The highest BCUT2D eigenvalue weighted by Crippen LogP contribution is 2.30. The molecule has 1 heterocycles. The molecule has 2 aromatic rings. The number of hydrogen-bond donors (Lipinski definition) is 1. The number of amides is 1. The Kier molecular flexibility index (Phi) is 4.89. The molecule has 0 bridgehead atoms. The van der Waals surface area contributed by atoms with Crippen LogP contribution in [-0.4, -0.2) is 32.3 Å². The lowest BCUT2D eigenvalue weighted by atomic mass is 10.1. The van der Waals surface area contributed by atoms with E-state index in [1.807, 2.05) is 32.0 Å². The van der Waals surface area contributed by atoms with Crippen molar-refractivity contribution in [3.63, 3.8) is 0 Å². The Balaban J connectivity index is 1.51. The second-order valence-electron chi connectivity index (χ2n) is 5.73. The van der Waals surface area contributed by atoms with Gasteiger partial charge in [-0.3, -0.25) is 4.79 Å². The molecule has 1 amide bonds. The zero-order valence-corrected chi connectivity index (χ0v) is 13.9. The molecule has 0 spiro atoms. The first-order valence-corrected chi connectivity index (χ1v) is 8.01. The Hall–Kier alpha value is -2.69. The predicted molar refractivity (Wildman–Crippen MR) is 91.2 cm³/mol. The number of hydrogen-bond acceptors (Lipinski definition) is 4. The van der Waals surface area contributed by atoms with Gasteiger partial charge in [-0.2, -0.15) is 0 Å². The molecule has 0 aromatic heterocycles. The molecule has 24 heavy (non-hydrogen) atoms. The van der Waals surface area contributed by atoms with Crippen LogP contribution in [0.5, 0.6) is 17.2 Å². The Morgan fingerprint density at radius 3 is 2.71 bits per heavy atom. The van der Waals surface area contributed by atoms with Crippen LogP contribution in [0.3, 0.4) is 0 Å². The molecule has 0 saturated heterocycles. The third-order valence-electron chi connectivity index (χ3n) is 3.79. The van der Waals surface area contributed by atoms with E-state index < -0.39 is 0 Å². The second-order valence-corrected chi connectivity index (χ2v) is 5.73. The van der Waals surface area contributed by atoms with Crippen molar-refractivity contribution in [2.45, 2.75) is 13.8 Å². The molecule has 0 aliphatic carbocycles. The van der Waals surface area contributed by atoms with Crippen LogP contribution in [0.25, 0.3) is 0 Å². The predicted octanol–water partition coefficient (Wildman–Crippen LogP) is 2.88. The number of rotatable bonds is 5. The molecule has 3 rings (SSSR count). The number of benzene rings is 2. The summed E-state index contributed by atoms with van der Waals surface area (Å²) in [5.41, 5.74) is 2.78. The maximum absolute atomic E-state index is 12.2. The lowest BCUT2D eigenvalue weighted by molar-refractivity contribution is 0.0945. The van der Waals surface area contributed by atoms with Crippen molar-refractivity contribution < 1.29 is 19.0 Å². The van der Waals surface area contributed by atoms with Crippen molar-refractivity contribution in [2.75, 3.05) is 26.4 Å². The van der Waals surface area contributed by atoms with E-state index in [9.17, 15) is 4.79 Å². The quantitative estimate of drug-likeness (QED) is 0.858. The largest absolute Gasteiger partial charge is 0.491 e. The first-order chi connectivity index (χ1) is 11.6. The normalized spacial score (nSPS) is 12.6. The van der Waals surface area contributed by atoms with Crippen LogP contribution < -0.4 is 19.5 Å². The summed E-state index contributed by atoms with van der Waals surface area (Å²) in [4.78, 5) is 12.2. The van der Waals surface area contributed by atoms with Crippen LogP contribution in [0, 0.1) is 13.8 Å². The van der Waals surface area contributed by atoms with E-state index in [0.29, 0.717) is 43.4 Å². The van der Waals surface area contributed by atoms with Gasteiger partial charge in [-0.05, 0) is 49.2 Å². The molecular weight excluding hydrogens is 306 g/mol. The van der Waals surface area contributed by atoms with E-state index in [2.05, 4.69) is 5.32 Å². The number of fused-ring (bicyclic) bond motifs is 1. The Morgan fingerprint density at radius 1 is 1.08 bits per heavy atom. The Bertz CT molecular complexity index is 742. The maximum Gasteiger partial charge on any atom is 0.251 e. The SMILES string of the molecule is Cc1ccc(C)c(OCCNC(=O)c2ccc3c(c2)OCCO3)c1. The number of nitrogens with one attached hydrogen (secondary N) is 1. The zero-order chi connectivity index (χ0) is 16.9. The second kappa shape index (κ2) is 7.25. The number of carbonyl (C=O) groups excluding carboxylic acids is 1. The summed E-state index contributed by atoms with van der Waals surface area (Å²) in [5.74, 6) is 1.98. The number of carbonyl (C=O) groups is 1. The Labute approximate surface area is 141 Å². The van der Waals surface area contributed by atoms with Crippen molar-refractivity contribution in [2.24, 2.45) is 0 Å². The fourth-order valence-corrected chi connectivity index (χ4v) is 2.48. The van der Waals surface area contributed by atoms with Crippen LogP contribution in [0.15, 0.2) is 36.4 Å². The topological polar surface area (TPSA) is 56.8 Å². The van der Waals surface area contributed by atoms with Crippen molar-refractivity contribution in [1.29, 1.82) is 0 Å². The highest BCUT2D eigenvalue weighted by molar-refractivity contribution is 5.94. The van der Waals surface area contributed by atoms with Crippen molar-refractivity contribution in [3.8, 4) is 17.2 Å². The van der Waals surface area contributed by atoms with Crippen LogP contribution in [0.2, 0.25) is 0 Å². The third-order valence-corrected chi connectivity index (χ3v) is 3.79. The minimum atomic E-state index is -0.156. The average Bonchev–Trinajstić information content (AvgIpc) is 2.61. The molecule has 1 aliphatic rings. The van der Waals surface area contributed by atoms with Gasteiger partial charge in [0.25, 0.3) is 5.91 Å². The standard InChI is InChI=1S/C19H21NO4/c1-13-3-4-14(2)17(11-13)22-8-7-20-19(21)15-5-6-16-18(12-15)24-10-9-23-16/h3-6,11-12H,7-10H2,1-2H3,(H,20,21). The third kappa shape index (κ3) is 3.79. The highest BCUT2D eigenvalue weighted by Gasteiger charge is 2.14. The van der Waals surface area contributed by atoms with Gasteiger partial charge in [-0.1, -0.05) is 12.1 Å². The van der Waals surface area contributed by atoms with Crippen molar-refractivity contribution in [3.05, 3.63) is 53.1 Å². The summed E-state index contributed by atoms with van der Waals surface area (Å²) in [5, 5.41) is 2.85. The van der Waals surface area contributed by atoms with Crippen molar-refractivity contribution >= 4 is 5.91 Å². The van der Waals surface area contributed by atoms with Gasteiger partial charge in [-0.25, -0.2) is 0 Å². The fraction of sp³-hybridized carbons (Fsp3) is 0.316. The number of ether oxygens (including phenoxy) is 3. The number of aryl methyl sites for hydroxylation is 2. The van der Waals surface area contributed by atoms with E-state index in [4.69, 9.17) is 14.2 Å². The van der Waals surface area contributed by atoms with E-state index in [0.717, 1.165) is 16.9 Å². The first kappa shape index (κ1) is 16.2. The highest BCUT2D eigenvalue weighted by atomic mass is 16.6. The van der Waals surface area contributed by atoms with Gasteiger partial charge in [0.15, 0.2) is 11.5 Å². The van der Waals surface area contributed by atoms with E-state index in [1.165, 1.54) is 0 Å². The fourth-order valence-electron chi connectivity index (χ4n) is 2.48. The van der Waals surface area contributed by atoms with Gasteiger partial charge >= 0.3 is 0 Å². The van der Waals surface area contributed by atoms with E-state index in [-0.39, 0.29) is 5.91 Å². The minimum Gasteiger partial charge on any atom is -0.491 e. The molecule has 126 valence electrons. The van der Waals surface area contributed by atoms with Crippen LogP contribution in [0.4, 0.5) is 0 Å². The van der Waals surface area contributed by atoms with Gasteiger partial charge in [0, 0.05) is 5.56 Å². The molecular formula is C19H21NO4. The van der Waals surface area contributed by atoms with Crippen LogP contribution in [0.1, 0.15) is 21.5 Å². The molecule has 0 fully saturated rings. The summed E-state index contributed by atoms with van der Waals surface area (Å²) in [6.07, 6.45) is 0. The van der Waals surface area contributed by atoms with Gasteiger partial charge in [0.1, 0.15) is 25.6 Å². The molecule has 1 aliphatic heterocycles. The molecule has 2 aromatic carbocycles. The van der Waals surface area contributed by atoms with Gasteiger partial charge < -0.3 is 19.5 Å². The van der Waals surface area contributed by atoms with Crippen LogP contribution in [-0.2, 0) is 0 Å². The molecule has 1 N–H and O–H groups in total. The summed E-state index contributed by atoms with van der Waals surface area (Å²) >= 11 is 0. The van der Waals surface area contributed by atoms with Gasteiger partial charge in [-0.15, -0.1) is 0 Å². The lowest BCUT2D eigenvalue weighted by Crippen LogP contribution is -2.28.